The molecule has 0 saturated carbocycles. The number of hydrogen-bond donors (Lipinski definition) is 1. The van der Waals surface area contributed by atoms with E-state index in [2.05, 4.69) is 30.4 Å². The summed E-state index contributed by atoms with van der Waals surface area (Å²) in [7, 11) is 0. The summed E-state index contributed by atoms with van der Waals surface area (Å²) in [6.07, 6.45) is 1.80. The van der Waals surface area contributed by atoms with E-state index in [0.29, 0.717) is 29.0 Å². The van der Waals surface area contributed by atoms with Crippen LogP contribution >= 0.6 is 0 Å². The molecule has 6 heterocycles. The lowest BCUT2D eigenvalue weighted by atomic mass is 9.99. The molecule has 1 aliphatic rings. The van der Waals surface area contributed by atoms with E-state index >= 15 is 0 Å². The Labute approximate surface area is 194 Å². The van der Waals surface area contributed by atoms with Crippen molar-refractivity contribution in [3.8, 4) is 11.5 Å². The molecule has 0 saturated heterocycles. The first-order chi connectivity index (χ1) is 16.9. The summed E-state index contributed by atoms with van der Waals surface area (Å²) in [4.78, 5) is 22.5. The second-order valence-electron chi connectivity index (χ2n) is 8.01. The summed E-state index contributed by atoms with van der Waals surface area (Å²) in [5.41, 5.74) is 3.21. The minimum atomic E-state index is -4.43. The quantitative estimate of drug-likeness (QED) is 0.417. The third kappa shape index (κ3) is 3.82. The summed E-state index contributed by atoms with van der Waals surface area (Å²) in [5, 5.41) is 16.0. The first-order valence-corrected chi connectivity index (χ1v) is 10.6. The Kier molecular flexibility index (Phi) is 4.69. The molecule has 11 nitrogen and oxygen atoms in total. The molecule has 1 aliphatic heterocycles. The fraction of sp³-hybridized carbons (Fsp3) is 0.238. The van der Waals surface area contributed by atoms with Gasteiger partial charge in [0.25, 0.3) is 5.89 Å². The molecule has 1 atom stereocenters. The lowest BCUT2D eigenvalue weighted by Gasteiger charge is -2.32. The largest absolute Gasteiger partial charge is 0.412 e. The number of rotatable bonds is 4. The van der Waals surface area contributed by atoms with Gasteiger partial charge in [-0.25, -0.2) is 9.50 Å². The molecule has 0 aromatic carbocycles. The van der Waals surface area contributed by atoms with Crippen LogP contribution in [0.2, 0.25) is 0 Å². The van der Waals surface area contributed by atoms with Crippen molar-refractivity contribution in [2.45, 2.75) is 25.2 Å². The molecule has 0 unspecified atom stereocenters. The number of nitrogens with one attached hydrogen (secondary N) is 1. The van der Waals surface area contributed by atoms with E-state index in [1.165, 1.54) is 6.20 Å². The highest BCUT2D eigenvalue weighted by Gasteiger charge is 2.38. The number of alkyl halides is 3. The Morgan fingerprint density at radius 1 is 1.26 bits per heavy atom. The second kappa shape index (κ2) is 7.78. The summed E-state index contributed by atoms with van der Waals surface area (Å²) in [6, 6.07) is 6.93. The van der Waals surface area contributed by atoms with E-state index in [-0.39, 0.29) is 17.3 Å². The van der Waals surface area contributed by atoms with Gasteiger partial charge in [0.2, 0.25) is 0 Å². The number of pyridine rings is 1. The molecule has 0 aliphatic carbocycles. The molecule has 1 amide bonds. The minimum Gasteiger partial charge on any atom is -0.412 e. The molecular formula is C21H16F3N9O2. The fourth-order valence-corrected chi connectivity index (χ4v) is 4.18. The average Bonchev–Trinajstić information content (AvgIpc) is 3.62. The summed E-state index contributed by atoms with van der Waals surface area (Å²) in [6.45, 7) is -0.915. The maximum atomic E-state index is 13.5. The smallest absolute Gasteiger partial charge is 0.408 e. The van der Waals surface area contributed by atoms with Gasteiger partial charge in [0.1, 0.15) is 12.6 Å². The van der Waals surface area contributed by atoms with Crippen LogP contribution in [0.5, 0.6) is 0 Å². The van der Waals surface area contributed by atoms with Gasteiger partial charge in [-0.1, -0.05) is 6.07 Å². The van der Waals surface area contributed by atoms with Gasteiger partial charge < -0.3 is 14.3 Å². The van der Waals surface area contributed by atoms with Gasteiger partial charge >= 0.3 is 18.0 Å². The number of carbonyl (C=O) groups is 1. The minimum absolute atomic E-state index is 0.108. The van der Waals surface area contributed by atoms with Crippen LogP contribution in [0.3, 0.4) is 0 Å². The number of hydrogen-bond acceptors (Lipinski definition) is 7. The molecule has 14 heteroatoms. The van der Waals surface area contributed by atoms with Crippen molar-refractivity contribution in [1.29, 1.82) is 0 Å². The zero-order chi connectivity index (χ0) is 24.2. The van der Waals surface area contributed by atoms with Crippen molar-refractivity contribution < 1.29 is 22.4 Å². The van der Waals surface area contributed by atoms with Crippen LogP contribution in [0, 0.1) is 0 Å². The Balaban J connectivity index is 1.32. The number of fused-ring (bicyclic) bond motifs is 2. The van der Waals surface area contributed by atoms with Crippen LogP contribution in [-0.4, -0.2) is 63.1 Å². The zero-order valence-electron chi connectivity index (χ0n) is 17.8. The van der Waals surface area contributed by atoms with Crippen molar-refractivity contribution >= 4 is 11.4 Å². The van der Waals surface area contributed by atoms with E-state index in [9.17, 15) is 18.0 Å². The van der Waals surface area contributed by atoms with Crippen LogP contribution in [0.25, 0.3) is 17.0 Å². The molecule has 0 bridgehead atoms. The highest BCUT2D eigenvalue weighted by molar-refractivity contribution is 5.90. The molecule has 0 spiro atoms. The molecule has 6 rings (SSSR count). The van der Waals surface area contributed by atoms with Gasteiger partial charge in [-0.05, 0) is 18.2 Å². The zero-order valence-corrected chi connectivity index (χ0v) is 17.8. The number of amides is 1. The van der Waals surface area contributed by atoms with Crippen molar-refractivity contribution in [1.82, 2.24) is 44.5 Å². The second-order valence-corrected chi connectivity index (χ2v) is 8.01. The monoisotopic (exact) mass is 483 g/mol. The highest BCUT2D eigenvalue weighted by atomic mass is 19.4. The molecule has 5 aromatic heterocycles. The van der Waals surface area contributed by atoms with E-state index < -0.39 is 24.7 Å². The normalized spacial score (nSPS) is 16.1. The van der Waals surface area contributed by atoms with Gasteiger partial charge in [-0.3, -0.25) is 9.48 Å². The van der Waals surface area contributed by atoms with Crippen molar-refractivity contribution in [3.05, 3.63) is 72.2 Å². The van der Waals surface area contributed by atoms with Gasteiger partial charge in [0.15, 0.2) is 0 Å². The Morgan fingerprint density at radius 3 is 2.97 bits per heavy atom. The van der Waals surface area contributed by atoms with Crippen LogP contribution in [-0.2, 0) is 13.0 Å². The molecule has 0 fully saturated rings. The number of aromatic nitrogens is 8. The number of nitrogens with zero attached hydrogens (tertiary/aromatic N) is 8. The van der Waals surface area contributed by atoms with Crippen molar-refractivity contribution in [2.75, 3.05) is 6.54 Å². The Hall–Kier alpha value is -4.49. The van der Waals surface area contributed by atoms with Gasteiger partial charge in [-0.2, -0.15) is 23.4 Å². The Bertz CT molecular complexity index is 1500. The van der Waals surface area contributed by atoms with E-state index in [0.717, 1.165) is 17.4 Å². The first-order valence-electron chi connectivity index (χ1n) is 10.6. The molecular weight excluding hydrogens is 467 g/mol. The number of halogens is 3. The third-order valence-corrected chi connectivity index (χ3v) is 5.68. The molecule has 5 aromatic rings. The van der Waals surface area contributed by atoms with Crippen molar-refractivity contribution in [2.24, 2.45) is 0 Å². The number of imidazole rings is 1. The first kappa shape index (κ1) is 21.1. The van der Waals surface area contributed by atoms with Gasteiger partial charge in [0, 0.05) is 31.1 Å². The van der Waals surface area contributed by atoms with E-state index in [1.54, 1.807) is 15.7 Å². The molecule has 178 valence electrons. The predicted octanol–water partition coefficient (Wildman–Crippen LogP) is 2.65. The molecule has 0 radical (unpaired) electrons. The summed E-state index contributed by atoms with van der Waals surface area (Å²) < 4.78 is 45.8. The lowest BCUT2D eigenvalue weighted by Crippen LogP contribution is -2.41. The standard InChI is InChI=1S/C21H16F3N9O2/c22-21(23,24)10-31-9-12(8-27-31)18-28-29-19(35-18)20(34)32-6-4-14-16(26-11-25-14)17(32)15-7-13-3-1-2-5-33(13)30-15/h1-3,5,7-9,11,17H,4,6,10H2,(H,25,26)/t17-/m1/s1. The SMILES string of the molecule is O=C(c1nnc(-c2cnn(CC(F)(F)F)c2)o1)N1CCc2[nH]cnc2[C@H]1c1cc2ccccn2n1. The van der Waals surface area contributed by atoms with Gasteiger partial charge in [0.05, 0.1) is 35.0 Å². The number of carbonyl (C=O) groups excluding carboxylic acids is 1. The Morgan fingerprint density at radius 2 is 2.14 bits per heavy atom. The maximum Gasteiger partial charge on any atom is 0.408 e. The average molecular weight is 483 g/mol. The highest BCUT2D eigenvalue weighted by Crippen LogP contribution is 2.34. The predicted molar refractivity (Wildman–Crippen MR) is 112 cm³/mol. The molecule has 35 heavy (non-hydrogen) atoms. The van der Waals surface area contributed by atoms with Crippen LogP contribution in [0.1, 0.15) is 33.8 Å². The fourth-order valence-electron chi connectivity index (χ4n) is 4.18. The summed E-state index contributed by atoms with van der Waals surface area (Å²) in [5.74, 6) is -0.943. The number of H-pyrrole nitrogens is 1. The van der Waals surface area contributed by atoms with Crippen LogP contribution < -0.4 is 0 Å². The summed E-state index contributed by atoms with van der Waals surface area (Å²) >= 11 is 0. The van der Waals surface area contributed by atoms with E-state index in [1.807, 2.05) is 30.5 Å². The van der Waals surface area contributed by atoms with Crippen molar-refractivity contribution in [3.63, 3.8) is 0 Å². The maximum absolute atomic E-state index is 13.5. The van der Waals surface area contributed by atoms with Crippen LogP contribution in [0.15, 0.2) is 53.6 Å². The van der Waals surface area contributed by atoms with Crippen LogP contribution in [0.4, 0.5) is 13.2 Å². The topological polar surface area (TPSA) is 123 Å². The third-order valence-electron chi connectivity index (χ3n) is 5.68. The lowest BCUT2D eigenvalue weighted by molar-refractivity contribution is -0.142. The number of aromatic amines is 1. The van der Waals surface area contributed by atoms with E-state index in [4.69, 9.17) is 4.42 Å². The molecule has 1 N–H and O–H groups in total. The van der Waals surface area contributed by atoms with Gasteiger partial charge in [-0.15, -0.1) is 10.2 Å².